The predicted molar refractivity (Wildman–Crippen MR) is 121 cm³/mol. The van der Waals surface area contributed by atoms with Crippen LogP contribution in [-0.4, -0.2) is 38.4 Å². The van der Waals surface area contributed by atoms with Crippen LogP contribution in [0.4, 0.5) is 0 Å². The van der Waals surface area contributed by atoms with Gasteiger partial charge in [-0.1, -0.05) is 29.8 Å². The van der Waals surface area contributed by atoms with Crippen molar-refractivity contribution in [3.8, 4) is 11.5 Å². The van der Waals surface area contributed by atoms with Gasteiger partial charge < -0.3 is 19.1 Å². The zero-order valence-electron chi connectivity index (χ0n) is 18.2. The molecule has 2 atom stereocenters. The minimum Gasteiger partial charge on any atom is -0.496 e. The number of carbonyl (C=O) groups is 1. The fourth-order valence-corrected chi connectivity index (χ4v) is 5.20. The Morgan fingerprint density at radius 2 is 2.00 bits per heavy atom. The fourth-order valence-electron chi connectivity index (χ4n) is 4.96. The van der Waals surface area contributed by atoms with Gasteiger partial charge in [0.2, 0.25) is 5.91 Å². The number of amides is 1. The lowest BCUT2D eigenvalue weighted by atomic mass is 9.83. The van der Waals surface area contributed by atoms with Gasteiger partial charge in [-0.3, -0.25) is 4.79 Å². The third-order valence-electron chi connectivity index (χ3n) is 6.45. The highest BCUT2D eigenvalue weighted by atomic mass is 35.5. The standard InChI is InChI=1S/C25H30ClNO4/c1-29-16-31-19-12-11-17(22(26)15-19)14-18-6-5-13-27(25(18)28)23-9-3-8-21-20(23)7-4-10-24(21)30-2/h4,7,10-12,15,18,23H,3,5-6,8-9,13-14,16H2,1-2H3. The normalized spacial score (nSPS) is 21.0. The molecule has 1 aliphatic carbocycles. The maximum atomic E-state index is 13.5. The molecule has 1 fully saturated rings. The third-order valence-corrected chi connectivity index (χ3v) is 6.80. The summed E-state index contributed by atoms with van der Waals surface area (Å²) in [5, 5.41) is 0.631. The van der Waals surface area contributed by atoms with Gasteiger partial charge in [-0.05, 0) is 73.4 Å². The number of hydrogen-bond acceptors (Lipinski definition) is 4. The van der Waals surface area contributed by atoms with E-state index in [2.05, 4.69) is 11.0 Å². The Bertz CT molecular complexity index is 932. The van der Waals surface area contributed by atoms with Crippen molar-refractivity contribution in [1.29, 1.82) is 0 Å². The lowest BCUT2D eigenvalue weighted by Crippen LogP contribution is -2.45. The van der Waals surface area contributed by atoms with Crippen molar-refractivity contribution >= 4 is 17.5 Å². The first-order valence-corrected chi connectivity index (χ1v) is 11.4. The zero-order chi connectivity index (χ0) is 21.8. The van der Waals surface area contributed by atoms with Crippen molar-refractivity contribution in [3.63, 3.8) is 0 Å². The van der Waals surface area contributed by atoms with Crippen LogP contribution in [0.1, 0.15) is 48.4 Å². The molecule has 31 heavy (non-hydrogen) atoms. The monoisotopic (exact) mass is 443 g/mol. The van der Waals surface area contributed by atoms with E-state index in [1.807, 2.05) is 24.3 Å². The average molecular weight is 444 g/mol. The van der Waals surface area contributed by atoms with Crippen LogP contribution in [0.15, 0.2) is 36.4 Å². The molecule has 1 aliphatic heterocycles. The number of carbonyl (C=O) groups excluding carboxylic acids is 1. The third kappa shape index (κ3) is 4.68. The summed E-state index contributed by atoms with van der Waals surface area (Å²) in [6, 6.07) is 12.0. The molecule has 4 rings (SSSR count). The summed E-state index contributed by atoms with van der Waals surface area (Å²) in [6.45, 7) is 0.994. The maximum absolute atomic E-state index is 13.5. The van der Waals surface area contributed by atoms with Gasteiger partial charge >= 0.3 is 0 Å². The number of benzene rings is 2. The van der Waals surface area contributed by atoms with Crippen molar-refractivity contribution in [2.45, 2.75) is 44.6 Å². The van der Waals surface area contributed by atoms with Crippen molar-refractivity contribution in [1.82, 2.24) is 4.90 Å². The van der Waals surface area contributed by atoms with Gasteiger partial charge in [0.15, 0.2) is 6.79 Å². The maximum Gasteiger partial charge on any atom is 0.226 e. The number of rotatable bonds is 7. The van der Waals surface area contributed by atoms with E-state index in [1.165, 1.54) is 11.1 Å². The second-order valence-electron chi connectivity index (χ2n) is 8.32. The van der Waals surface area contributed by atoms with E-state index in [0.717, 1.165) is 50.0 Å². The first-order chi connectivity index (χ1) is 15.1. The van der Waals surface area contributed by atoms with E-state index < -0.39 is 0 Å². The van der Waals surface area contributed by atoms with Gasteiger partial charge in [-0.2, -0.15) is 0 Å². The van der Waals surface area contributed by atoms with E-state index in [4.69, 9.17) is 25.8 Å². The lowest BCUT2D eigenvalue weighted by molar-refractivity contribution is -0.141. The number of ether oxygens (including phenoxy) is 3. The molecule has 0 saturated carbocycles. The lowest BCUT2D eigenvalue weighted by Gasteiger charge is -2.41. The Kier molecular flexibility index (Phi) is 7.03. The van der Waals surface area contributed by atoms with Crippen LogP contribution in [0.25, 0.3) is 0 Å². The topological polar surface area (TPSA) is 48.0 Å². The summed E-state index contributed by atoms with van der Waals surface area (Å²) >= 11 is 6.50. The second kappa shape index (κ2) is 9.92. The molecule has 2 aromatic carbocycles. The second-order valence-corrected chi connectivity index (χ2v) is 8.72. The molecular weight excluding hydrogens is 414 g/mol. The molecule has 0 N–H and O–H groups in total. The van der Waals surface area contributed by atoms with E-state index in [-0.39, 0.29) is 24.7 Å². The molecule has 6 heteroatoms. The Balaban J connectivity index is 1.51. The van der Waals surface area contributed by atoms with Crippen molar-refractivity contribution < 1.29 is 19.0 Å². The minimum absolute atomic E-state index is 0.0482. The molecule has 1 amide bonds. The Morgan fingerprint density at radius 3 is 2.77 bits per heavy atom. The van der Waals surface area contributed by atoms with Gasteiger partial charge in [0.1, 0.15) is 11.5 Å². The van der Waals surface area contributed by atoms with E-state index in [1.54, 1.807) is 20.3 Å². The number of likely N-dealkylation sites (tertiary alicyclic amines) is 1. The molecule has 2 aliphatic rings. The summed E-state index contributed by atoms with van der Waals surface area (Å²) in [7, 11) is 3.30. The largest absolute Gasteiger partial charge is 0.496 e. The van der Waals surface area contributed by atoms with Crippen LogP contribution in [0.5, 0.6) is 11.5 Å². The van der Waals surface area contributed by atoms with Crippen molar-refractivity contribution in [3.05, 3.63) is 58.1 Å². The number of halogens is 1. The quantitative estimate of drug-likeness (QED) is 0.552. The van der Waals surface area contributed by atoms with E-state index in [9.17, 15) is 4.79 Å². The van der Waals surface area contributed by atoms with Gasteiger partial charge in [0.05, 0.1) is 13.2 Å². The first kappa shape index (κ1) is 22.0. The highest BCUT2D eigenvalue weighted by Crippen LogP contribution is 2.41. The Morgan fingerprint density at radius 1 is 1.13 bits per heavy atom. The number of fused-ring (bicyclic) bond motifs is 1. The number of hydrogen-bond donors (Lipinski definition) is 0. The van der Waals surface area contributed by atoms with Gasteiger partial charge in [0.25, 0.3) is 0 Å². The van der Waals surface area contributed by atoms with Gasteiger partial charge in [-0.15, -0.1) is 0 Å². The van der Waals surface area contributed by atoms with Crippen molar-refractivity contribution in [2.75, 3.05) is 27.6 Å². The molecule has 0 bridgehead atoms. The summed E-state index contributed by atoms with van der Waals surface area (Å²) < 4.78 is 16.0. The molecule has 0 spiro atoms. The van der Waals surface area contributed by atoms with Crippen LogP contribution in [0.2, 0.25) is 5.02 Å². The average Bonchev–Trinajstić information content (AvgIpc) is 2.79. The fraction of sp³-hybridized carbons (Fsp3) is 0.480. The van der Waals surface area contributed by atoms with Crippen LogP contribution in [0, 0.1) is 5.92 Å². The van der Waals surface area contributed by atoms with Crippen molar-refractivity contribution in [2.24, 2.45) is 5.92 Å². The number of nitrogens with zero attached hydrogens (tertiary/aromatic N) is 1. The van der Waals surface area contributed by atoms with Crippen LogP contribution in [0.3, 0.4) is 0 Å². The van der Waals surface area contributed by atoms with Crippen LogP contribution in [-0.2, 0) is 22.4 Å². The molecule has 2 unspecified atom stereocenters. The summed E-state index contributed by atoms with van der Waals surface area (Å²) in [5.41, 5.74) is 3.49. The van der Waals surface area contributed by atoms with Crippen LogP contribution < -0.4 is 9.47 Å². The SMILES string of the molecule is COCOc1ccc(CC2CCCN(C3CCCc4c(OC)cccc43)C2=O)c(Cl)c1. The first-order valence-electron chi connectivity index (χ1n) is 11.0. The number of piperidine rings is 1. The summed E-state index contributed by atoms with van der Waals surface area (Å²) in [4.78, 5) is 15.6. The molecule has 1 saturated heterocycles. The molecule has 0 aromatic heterocycles. The van der Waals surface area contributed by atoms with E-state index in [0.29, 0.717) is 17.2 Å². The molecule has 166 valence electrons. The van der Waals surface area contributed by atoms with Gasteiger partial charge in [0, 0.05) is 24.6 Å². The molecular formula is C25H30ClNO4. The van der Waals surface area contributed by atoms with Crippen LogP contribution >= 0.6 is 11.6 Å². The minimum atomic E-state index is -0.0482. The smallest absolute Gasteiger partial charge is 0.226 e. The predicted octanol–water partition coefficient (Wildman–Crippen LogP) is 5.19. The highest BCUT2D eigenvalue weighted by Gasteiger charge is 2.36. The summed E-state index contributed by atoms with van der Waals surface area (Å²) in [6.07, 6.45) is 5.64. The number of methoxy groups -OCH3 is 2. The molecule has 1 heterocycles. The molecule has 5 nitrogen and oxygen atoms in total. The Hall–Kier alpha value is -2.24. The molecule has 0 radical (unpaired) electrons. The zero-order valence-corrected chi connectivity index (χ0v) is 19.0. The van der Waals surface area contributed by atoms with E-state index >= 15 is 0 Å². The summed E-state index contributed by atoms with van der Waals surface area (Å²) in [5.74, 6) is 1.79. The van der Waals surface area contributed by atoms with Gasteiger partial charge in [-0.25, -0.2) is 0 Å². The Labute approximate surface area is 189 Å². The molecule has 2 aromatic rings. The highest BCUT2D eigenvalue weighted by molar-refractivity contribution is 6.31.